The lowest BCUT2D eigenvalue weighted by Crippen LogP contribution is -2.60. The molecule has 304 valence electrons. The molecule has 0 spiro atoms. The van der Waals surface area contributed by atoms with Crippen molar-refractivity contribution in [1.82, 2.24) is 10.2 Å². The zero-order chi connectivity index (χ0) is 39.5. The zero-order valence-corrected chi connectivity index (χ0v) is 33.2. The number of nitrogens with zero attached hydrogens (tertiary/aromatic N) is 1. The second-order valence-corrected chi connectivity index (χ2v) is 16.5. The second kappa shape index (κ2) is 18.0. The third-order valence-corrected chi connectivity index (χ3v) is 11.9. The van der Waals surface area contributed by atoms with Gasteiger partial charge in [0.15, 0.2) is 12.6 Å². The van der Waals surface area contributed by atoms with Crippen molar-refractivity contribution in [2.45, 2.75) is 185 Å². The second-order valence-electron chi connectivity index (χ2n) is 16.5. The minimum atomic E-state index is -1.82. The molecular weight excluding hydrogens is 680 g/mol. The highest BCUT2D eigenvalue weighted by atomic mass is 16.7. The predicted octanol–water partition coefficient (Wildman–Crippen LogP) is 1.09. The van der Waals surface area contributed by atoms with Crippen molar-refractivity contribution in [2.75, 3.05) is 20.7 Å². The molecule has 3 heterocycles. The lowest BCUT2D eigenvalue weighted by Gasteiger charge is -2.48. The summed E-state index contributed by atoms with van der Waals surface area (Å²) in [4.78, 5) is 27.4. The van der Waals surface area contributed by atoms with Gasteiger partial charge in [0, 0.05) is 32.0 Å². The zero-order valence-electron chi connectivity index (χ0n) is 33.2. The van der Waals surface area contributed by atoms with Gasteiger partial charge >= 0.3 is 5.97 Å². The summed E-state index contributed by atoms with van der Waals surface area (Å²) in [6.45, 7) is 17.6. The van der Waals surface area contributed by atoms with E-state index in [0.29, 0.717) is 19.4 Å². The number of methoxy groups -OCH3 is 1. The van der Waals surface area contributed by atoms with Crippen LogP contribution in [-0.4, -0.2) is 154 Å². The first-order valence-corrected chi connectivity index (χ1v) is 18.8. The van der Waals surface area contributed by atoms with E-state index in [2.05, 4.69) is 5.32 Å². The number of carbonyl (C=O) groups excluding carboxylic acids is 2. The summed E-state index contributed by atoms with van der Waals surface area (Å²) < 4.78 is 37.1. The van der Waals surface area contributed by atoms with Gasteiger partial charge in [-0.15, -0.1) is 0 Å². The highest BCUT2D eigenvalue weighted by Gasteiger charge is 2.52. The van der Waals surface area contributed by atoms with Gasteiger partial charge in [-0.3, -0.25) is 9.59 Å². The van der Waals surface area contributed by atoms with Crippen molar-refractivity contribution < 1.29 is 63.5 Å². The monoisotopic (exact) mass is 748 g/mol. The number of likely N-dealkylation sites (N-methyl/N-ethyl adjacent to an activating group) is 1. The lowest BCUT2D eigenvalue weighted by molar-refractivity contribution is -0.315. The SMILES string of the molecule is CC[C@@H]1OC(=O)[C@H](C)[C@H](O[C@@H]2C[C@](C)(OC)[C@H](O)[C@H](C)O2)[C@@H](C)[C@H](O[C@@H]2O[C@H](C)C[C@H](NC=O)[C@@H]2O)[C@](C)(O)C[C@H](C)CN(C)[C@H](C)[C@@H](O)[C@]1(C)O. The van der Waals surface area contributed by atoms with E-state index >= 15 is 0 Å². The van der Waals surface area contributed by atoms with Crippen LogP contribution in [0.5, 0.6) is 0 Å². The van der Waals surface area contributed by atoms with E-state index in [9.17, 15) is 35.1 Å². The average molecular weight is 749 g/mol. The fourth-order valence-corrected chi connectivity index (χ4v) is 8.50. The number of aliphatic hydroxyl groups excluding tert-OH is 3. The molecule has 15 heteroatoms. The fourth-order valence-electron chi connectivity index (χ4n) is 8.50. The molecule has 3 aliphatic rings. The Bertz CT molecular complexity index is 1160. The molecule has 0 aromatic rings. The summed E-state index contributed by atoms with van der Waals surface area (Å²) in [6.07, 6.45) is -8.89. The van der Waals surface area contributed by atoms with Crippen LogP contribution >= 0.6 is 0 Å². The Morgan fingerprint density at radius 1 is 0.981 bits per heavy atom. The quantitative estimate of drug-likeness (QED) is 0.152. The number of hydrogen-bond donors (Lipinski definition) is 6. The van der Waals surface area contributed by atoms with E-state index in [-0.39, 0.29) is 25.2 Å². The number of aliphatic hydroxyl groups is 5. The number of nitrogens with one attached hydrogen (secondary N) is 1. The molecule has 15 nitrogen and oxygen atoms in total. The van der Waals surface area contributed by atoms with E-state index in [0.717, 1.165) is 0 Å². The van der Waals surface area contributed by atoms with E-state index in [1.807, 2.05) is 18.9 Å². The maximum atomic E-state index is 14.2. The first kappa shape index (κ1) is 44.9. The maximum Gasteiger partial charge on any atom is 0.311 e. The van der Waals surface area contributed by atoms with E-state index in [4.69, 9.17) is 28.4 Å². The molecule has 0 saturated carbocycles. The number of ether oxygens (including phenoxy) is 6. The van der Waals surface area contributed by atoms with Gasteiger partial charge in [-0.2, -0.15) is 0 Å². The van der Waals surface area contributed by atoms with Gasteiger partial charge < -0.3 is 64.2 Å². The van der Waals surface area contributed by atoms with E-state index in [1.165, 1.54) is 14.0 Å². The fraction of sp³-hybridized carbons (Fsp3) is 0.946. The van der Waals surface area contributed by atoms with Gasteiger partial charge in [-0.1, -0.05) is 20.8 Å². The Balaban J connectivity index is 2.17. The van der Waals surface area contributed by atoms with Crippen LogP contribution in [-0.2, 0) is 38.0 Å². The molecule has 18 atom stereocenters. The van der Waals surface area contributed by atoms with Crippen LogP contribution in [0, 0.1) is 17.8 Å². The molecular formula is C37H68N2O13. The summed E-state index contributed by atoms with van der Waals surface area (Å²) in [5, 5.41) is 60.4. The van der Waals surface area contributed by atoms with Crippen molar-refractivity contribution >= 4 is 12.4 Å². The van der Waals surface area contributed by atoms with Crippen LogP contribution in [0.1, 0.15) is 94.9 Å². The molecule has 3 saturated heterocycles. The molecule has 3 rings (SSSR count). The molecule has 0 aromatic heterocycles. The minimum Gasteiger partial charge on any atom is -0.459 e. The normalized spacial score (nSPS) is 49.3. The van der Waals surface area contributed by atoms with Crippen LogP contribution in [0.4, 0.5) is 0 Å². The van der Waals surface area contributed by atoms with E-state index in [1.54, 1.807) is 55.4 Å². The molecule has 0 aliphatic carbocycles. The van der Waals surface area contributed by atoms with Gasteiger partial charge in [0.25, 0.3) is 0 Å². The number of rotatable bonds is 8. The Labute approximate surface area is 309 Å². The summed E-state index contributed by atoms with van der Waals surface area (Å²) in [5.41, 5.74) is -4.50. The highest BCUT2D eigenvalue weighted by molar-refractivity contribution is 5.73. The number of esters is 1. The van der Waals surface area contributed by atoms with Crippen LogP contribution in [0.2, 0.25) is 0 Å². The van der Waals surface area contributed by atoms with Crippen LogP contribution < -0.4 is 5.32 Å². The summed E-state index contributed by atoms with van der Waals surface area (Å²) in [6, 6.07) is -1.24. The number of carbonyl (C=O) groups is 2. The summed E-state index contributed by atoms with van der Waals surface area (Å²) in [7, 11) is 3.30. The summed E-state index contributed by atoms with van der Waals surface area (Å²) in [5.74, 6) is -2.79. The summed E-state index contributed by atoms with van der Waals surface area (Å²) >= 11 is 0. The molecule has 3 fully saturated rings. The minimum absolute atomic E-state index is 0.0999. The van der Waals surface area contributed by atoms with Crippen molar-refractivity contribution in [1.29, 1.82) is 0 Å². The Kier molecular flexibility index (Phi) is 15.5. The van der Waals surface area contributed by atoms with Crippen molar-refractivity contribution in [3.05, 3.63) is 0 Å². The third-order valence-electron chi connectivity index (χ3n) is 11.9. The Morgan fingerprint density at radius 2 is 1.62 bits per heavy atom. The molecule has 6 N–H and O–H groups in total. The van der Waals surface area contributed by atoms with Gasteiger partial charge in [0.05, 0.1) is 47.6 Å². The first-order valence-electron chi connectivity index (χ1n) is 18.8. The molecule has 0 aromatic carbocycles. The van der Waals surface area contributed by atoms with Crippen LogP contribution in [0.3, 0.4) is 0 Å². The molecule has 0 unspecified atom stereocenters. The van der Waals surface area contributed by atoms with Gasteiger partial charge in [-0.05, 0) is 80.7 Å². The van der Waals surface area contributed by atoms with Crippen molar-refractivity contribution in [2.24, 2.45) is 17.8 Å². The smallest absolute Gasteiger partial charge is 0.311 e. The lowest BCUT2D eigenvalue weighted by atomic mass is 9.77. The molecule has 0 radical (unpaired) electrons. The average Bonchev–Trinajstić information content (AvgIpc) is 3.06. The van der Waals surface area contributed by atoms with Crippen molar-refractivity contribution in [3.63, 3.8) is 0 Å². The van der Waals surface area contributed by atoms with E-state index < -0.39 is 108 Å². The standard InChI is InChI=1S/C37H68N2O13/c1-13-26-37(10,46)30(42)23(6)39(11)17-19(2)15-35(8,45)32(52-34-28(41)25(38-18-40)14-20(3)48-34)21(4)29(22(5)33(44)50-26)51-27-16-36(9,47-12)31(43)24(7)49-27/h18-32,34,41-43,45-46H,13-17H2,1-12H3,(H,38,40)/t19-,20+,21+,22+,23+,24-,25-,26-,27+,28-,29+,30+,31+,32-,34-,35+,36-,37+/m0/s1. The van der Waals surface area contributed by atoms with Crippen LogP contribution in [0.25, 0.3) is 0 Å². The molecule has 1 amide bonds. The highest BCUT2D eigenvalue weighted by Crippen LogP contribution is 2.40. The van der Waals surface area contributed by atoms with Crippen LogP contribution in [0.15, 0.2) is 0 Å². The van der Waals surface area contributed by atoms with Gasteiger partial charge in [0.1, 0.15) is 30.0 Å². The maximum absolute atomic E-state index is 14.2. The van der Waals surface area contributed by atoms with Gasteiger partial charge in [0.2, 0.25) is 6.41 Å². The topological polar surface area (TPSA) is 206 Å². The Hall–Kier alpha value is -1.50. The number of amides is 1. The number of cyclic esters (lactones) is 1. The van der Waals surface area contributed by atoms with Crippen molar-refractivity contribution in [3.8, 4) is 0 Å². The van der Waals surface area contributed by atoms with Gasteiger partial charge in [-0.25, -0.2) is 0 Å². The predicted molar refractivity (Wildman–Crippen MR) is 190 cm³/mol. The molecule has 3 aliphatic heterocycles. The number of hydrogen-bond acceptors (Lipinski definition) is 14. The molecule has 0 bridgehead atoms. The third kappa shape index (κ3) is 10.0. The Morgan fingerprint density at radius 3 is 2.19 bits per heavy atom. The first-order chi connectivity index (χ1) is 24.0. The largest absolute Gasteiger partial charge is 0.459 e. The molecule has 52 heavy (non-hydrogen) atoms.